The van der Waals surface area contributed by atoms with Crippen LogP contribution in [0.4, 0.5) is 10.1 Å². The van der Waals surface area contributed by atoms with Crippen molar-refractivity contribution in [3.05, 3.63) is 30.1 Å². The lowest BCUT2D eigenvalue weighted by Crippen LogP contribution is -2.27. The molecule has 1 saturated carbocycles. The van der Waals surface area contributed by atoms with Crippen LogP contribution in [0.25, 0.3) is 0 Å². The Morgan fingerprint density at radius 3 is 2.56 bits per heavy atom. The second-order valence-corrected chi connectivity index (χ2v) is 5.01. The van der Waals surface area contributed by atoms with E-state index in [1.807, 2.05) is 6.07 Å². The van der Waals surface area contributed by atoms with Gasteiger partial charge in [0.1, 0.15) is 11.9 Å². The molecule has 0 aromatic heterocycles. The molecule has 0 spiro atoms. The van der Waals surface area contributed by atoms with Crippen molar-refractivity contribution in [1.82, 2.24) is 0 Å². The van der Waals surface area contributed by atoms with Crippen molar-refractivity contribution in [1.29, 1.82) is 5.26 Å². The van der Waals surface area contributed by atoms with Crippen LogP contribution in [0.5, 0.6) is 0 Å². The smallest absolute Gasteiger partial charge is 0.125 e. The van der Waals surface area contributed by atoms with Gasteiger partial charge in [-0.1, -0.05) is 31.7 Å². The van der Waals surface area contributed by atoms with E-state index >= 15 is 0 Å². The number of nitrogens with zero attached hydrogens (tertiary/aromatic N) is 1. The molecule has 2 nitrogen and oxygen atoms in total. The van der Waals surface area contributed by atoms with Gasteiger partial charge >= 0.3 is 0 Å². The minimum atomic E-state index is -0.266. The van der Waals surface area contributed by atoms with Crippen molar-refractivity contribution in [2.75, 3.05) is 5.32 Å². The molecule has 3 heteroatoms. The lowest BCUT2D eigenvalue weighted by atomic mass is 9.92. The second kappa shape index (κ2) is 6.39. The molecule has 1 aromatic carbocycles. The Morgan fingerprint density at radius 1 is 1.22 bits per heavy atom. The molecule has 0 aliphatic heterocycles. The summed E-state index contributed by atoms with van der Waals surface area (Å²) in [7, 11) is 0. The maximum absolute atomic E-state index is 13.1. The first kappa shape index (κ1) is 12.9. The SMILES string of the molecule is N#CC(Nc1cccc(F)c1)C1CCCCCC1. The van der Waals surface area contributed by atoms with Gasteiger partial charge in [-0.15, -0.1) is 0 Å². The van der Waals surface area contributed by atoms with Crippen LogP contribution in [0.15, 0.2) is 24.3 Å². The highest BCUT2D eigenvalue weighted by atomic mass is 19.1. The number of halogens is 1. The van der Waals surface area contributed by atoms with Crippen LogP contribution in [0.1, 0.15) is 38.5 Å². The lowest BCUT2D eigenvalue weighted by Gasteiger charge is -2.22. The van der Waals surface area contributed by atoms with Crippen LogP contribution in [0.2, 0.25) is 0 Å². The van der Waals surface area contributed by atoms with Crippen molar-refractivity contribution in [3.63, 3.8) is 0 Å². The summed E-state index contributed by atoms with van der Waals surface area (Å²) in [6.07, 6.45) is 7.14. The van der Waals surface area contributed by atoms with Crippen LogP contribution < -0.4 is 5.32 Å². The molecular weight excluding hydrogens is 227 g/mol. The van der Waals surface area contributed by atoms with Gasteiger partial charge in [-0.25, -0.2) is 4.39 Å². The fourth-order valence-electron chi connectivity index (χ4n) is 2.66. The van der Waals surface area contributed by atoms with Gasteiger partial charge in [0.15, 0.2) is 0 Å². The fourth-order valence-corrected chi connectivity index (χ4v) is 2.66. The summed E-state index contributed by atoms with van der Waals surface area (Å²) >= 11 is 0. The van der Waals surface area contributed by atoms with Crippen molar-refractivity contribution < 1.29 is 4.39 Å². The number of benzene rings is 1. The predicted molar refractivity (Wildman–Crippen MR) is 70.6 cm³/mol. The Balaban J connectivity index is 2.02. The molecule has 1 aromatic rings. The third kappa shape index (κ3) is 3.46. The summed E-state index contributed by atoms with van der Waals surface area (Å²) in [6, 6.07) is 8.47. The highest BCUT2D eigenvalue weighted by Crippen LogP contribution is 2.27. The molecule has 96 valence electrons. The Morgan fingerprint density at radius 2 is 1.94 bits per heavy atom. The molecule has 2 rings (SSSR count). The van der Waals surface area contributed by atoms with E-state index in [4.69, 9.17) is 0 Å². The van der Waals surface area contributed by atoms with Crippen LogP contribution in [-0.2, 0) is 0 Å². The maximum Gasteiger partial charge on any atom is 0.125 e. The monoisotopic (exact) mass is 246 g/mol. The summed E-state index contributed by atoms with van der Waals surface area (Å²) < 4.78 is 13.1. The van der Waals surface area contributed by atoms with E-state index in [1.54, 1.807) is 6.07 Å². The third-order valence-electron chi connectivity index (χ3n) is 3.66. The van der Waals surface area contributed by atoms with E-state index in [-0.39, 0.29) is 11.9 Å². The number of nitriles is 1. The first-order valence-corrected chi connectivity index (χ1v) is 6.71. The fraction of sp³-hybridized carbons (Fsp3) is 0.533. The zero-order valence-corrected chi connectivity index (χ0v) is 10.5. The Labute approximate surface area is 108 Å². The van der Waals surface area contributed by atoms with E-state index in [9.17, 15) is 9.65 Å². The zero-order valence-electron chi connectivity index (χ0n) is 10.5. The molecule has 1 aliphatic carbocycles. The van der Waals surface area contributed by atoms with Gasteiger partial charge in [0.2, 0.25) is 0 Å². The largest absolute Gasteiger partial charge is 0.370 e. The standard InChI is InChI=1S/C15H19FN2/c16-13-8-5-9-14(10-13)18-15(11-17)12-6-3-1-2-4-7-12/h5,8-10,12,15,18H,1-4,6-7H2. The van der Waals surface area contributed by atoms with Crippen LogP contribution in [0.3, 0.4) is 0 Å². The summed E-state index contributed by atoms with van der Waals surface area (Å²) in [5.41, 5.74) is 0.700. The molecule has 1 unspecified atom stereocenters. The van der Waals surface area contributed by atoms with E-state index < -0.39 is 0 Å². The lowest BCUT2D eigenvalue weighted by molar-refractivity contribution is 0.439. The predicted octanol–water partition coefficient (Wildman–Crippen LogP) is 4.10. The summed E-state index contributed by atoms with van der Waals surface area (Å²) in [6.45, 7) is 0. The minimum absolute atomic E-state index is 0.204. The van der Waals surface area contributed by atoms with Crippen LogP contribution in [-0.4, -0.2) is 6.04 Å². The molecule has 0 radical (unpaired) electrons. The summed E-state index contributed by atoms with van der Waals surface area (Å²) in [5.74, 6) is 0.123. The first-order chi connectivity index (χ1) is 8.79. The molecule has 1 aliphatic rings. The molecular formula is C15H19FN2. The van der Waals surface area contributed by atoms with Crippen molar-refractivity contribution in [2.45, 2.75) is 44.6 Å². The highest BCUT2D eigenvalue weighted by molar-refractivity contribution is 5.45. The van der Waals surface area contributed by atoms with Gasteiger partial charge in [-0.2, -0.15) is 5.26 Å². The quantitative estimate of drug-likeness (QED) is 0.815. The van der Waals surface area contributed by atoms with Gasteiger partial charge in [-0.3, -0.25) is 0 Å². The van der Waals surface area contributed by atoms with Crippen LogP contribution in [0, 0.1) is 23.1 Å². The van der Waals surface area contributed by atoms with Crippen LogP contribution >= 0.6 is 0 Å². The first-order valence-electron chi connectivity index (χ1n) is 6.71. The average molecular weight is 246 g/mol. The van der Waals surface area contributed by atoms with Crippen molar-refractivity contribution in [3.8, 4) is 6.07 Å². The molecule has 0 saturated heterocycles. The average Bonchev–Trinajstić information content (AvgIpc) is 2.65. The molecule has 1 N–H and O–H groups in total. The molecule has 1 fully saturated rings. The molecule has 0 heterocycles. The van der Waals surface area contributed by atoms with Gasteiger partial charge in [-0.05, 0) is 37.0 Å². The molecule has 18 heavy (non-hydrogen) atoms. The number of hydrogen-bond donors (Lipinski definition) is 1. The van der Waals surface area contributed by atoms with Gasteiger partial charge in [0, 0.05) is 5.69 Å². The molecule has 0 amide bonds. The second-order valence-electron chi connectivity index (χ2n) is 5.01. The minimum Gasteiger partial charge on any atom is -0.370 e. The topological polar surface area (TPSA) is 35.8 Å². The summed E-state index contributed by atoms with van der Waals surface area (Å²) in [4.78, 5) is 0. The number of rotatable bonds is 3. The number of nitrogens with one attached hydrogen (secondary N) is 1. The number of anilines is 1. The van der Waals surface area contributed by atoms with Crippen molar-refractivity contribution in [2.24, 2.45) is 5.92 Å². The van der Waals surface area contributed by atoms with Crippen molar-refractivity contribution >= 4 is 5.69 Å². The van der Waals surface area contributed by atoms with Gasteiger partial charge in [0.25, 0.3) is 0 Å². The molecule has 1 atom stereocenters. The van der Waals surface area contributed by atoms with E-state index in [0.717, 1.165) is 12.8 Å². The normalized spacial score (nSPS) is 18.7. The Kier molecular flexibility index (Phi) is 4.58. The zero-order chi connectivity index (χ0) is 12.8. The summed E-state index contributed by atoms with van der Waals surface area (Å²) in [5, 5.41) is 12.5. The van der Waals surface area contributed by atoms with E-state index in [1.165, 1.54) is 37.8 Å². The third-order valence-corrected chi connectivity index (χ3v) is 3.66. The highest BCUT2D eigenvalue weighted by Gasteiger charge is 2.22. The Hall–Kier alpha value is -1.56. The molecule has 0 bridgehead atoms. The van der Waals surface area contributed by atoms with E-state index in [0.29, 0.717) is 11.6 Å². The van der Waals surface area contributed by atoms with Gasteiger partial charge in [0.05, 0.1) is 6.07 Å². The maximum atomic E-state index is 13.1. The van der Waals surface area contributed by atoms with Gasteiger partial charge < -0.3 is 5.32 Å². The number of hydrogen-bond acceptors (Lipinski definition) is 2. The van der Waals surface area contributed by atoms with E-state index in [2.05, 4.69) is 11.4 Å². The Bertz CT molecular complexity index is 417.